The van der Waals surface area contributed by atoms with Crippen LogP contribution in [0.15, 0.2) is 36.4 Å². The van der Waals surface area contributed by atoms with Crippen molar-refractivity contribution in [2.45, 2.75) is 6.54 Å². The number of hydrogen-bond donors (Lipinski definition) is 0. The Morgan fingerprint density at radius 1 is 1.23 bits per heavy atom. The summed E-state index contributed by atoms with van der Waals surface area (Å²) in [5.41, 5.74) is 0.908. The minimum absolute atomic E-state index is 0.0316. The highest BCUT2D eigenvalue weighted by molar-refractivity contribution is 7.15. The third-order valence-electron chi connectivity index (χ3n) is 4.36. The molecular weight excluding hydrogens is 355 g/mol. The molecule has 3 rings (SSSR count). The fraction of sp³-hybridized carbons (Fsp3) is 0.421. The van der Waals surface area contributed by atoms with Gasteiger partial charge >= 0.3 is 0 Å². The molecule has 0 saturated carbocycles. The lowest BCUT2D eigenvalue weighted by atomic mass is 10.2. The van der Waals surface area contributed by atoms with E-state index in [1.165, 1.54) is 23.5 Å². The molecule has 1 aliphatic heterocycles. The lowest BCUT2D eigenvalue weighted by molar-refractivity contribution is 0.0321. The number of hydrogen-bond acceptors (Lipinski definition) is 5. The van der Waals surface area contributed by atoms with E-state index in [1.54, 1.807) is 31.4 Å². The Labute approximate surface area is 156 Å². The molecule has 5 nitrogen and oxygen atoms in total. The average molecular weight is 378 g/mol. The molecule has 2 heterocycles. The molecule has 0 unspecified atom stereocenters. The molecule has 0 radical (unpaired) electrons. The minimum Gasteiger partial charge on any atom is -0.487 e. The monoisotopic (exact) mass is 378 g/mol. The number of ether oxygens (including phenoxy) is 2. The van der Waals surface area contributed by atoms with Crippen LogP contribution in [0.4, 0.5) is 4.39 Å². The maximum atomic E-state index is 13.2. The Balaban J connectivity index is 1.70. The Hall–Kier alpha value is -1.96. The van der Waals surface area contributed by atoms with Crippen LogP contribution in [0, 0.1) is 5.82 Å². The molecule has 26 heavy (non-hydrogen) atoms. The maximum Gasteiger partial charge on any atom is 0.264 e. The quantitative estimate of drug-likeness (QED) is 0.743. The van der Waals surface area contributed by atoms with Gasteiger partial charge in [0, 0.05) is 32.7 Å². The van der Waals surface area contributed by atoms with E-state index >= 15 is 0 Å². The van der Waals surface area contributed by atoms with Crippen molar-refractivity contribution in [2.24, 2.45) is 0 Å². The van der Waals surface area contributed by atoms with Crippen LogP contribution in [0.3, 0.4) is 0 Å². The molecule has 0 aliphatic carbocycles. The van der Waals surface area contributed by atoms with Gasteiger partial charge in [0.15, 0.2) is 5.06 Å². The molecule has 0 spiro atoms. The molecule has 1 fully saturated rings. The molecule has 140 valence electrons. The number of morpholine rings is 1. The zero-order valence-electron chi connectivity index (χ0n) is 14.8. The minimum atomic E-state index is -0.275. The number of halogens is 1. The van der Waals surface area contributed by atoms with Crippen molar-refractivity contribution in [1.82, 2.24) is 9.80 Å². The number of rotatable bonds is 7. The smallest absolute Gasteiger partial charge is 0.264 e. The van der Waals surface area contributed by atoms with Crippen LogP contribution in [0.25, 0.3) is 0 Å². The van der Waals surface area contributed by atoms with E-state index in [-0.39, 0.29) is 11.7 Å². The summed E-state index contributed by atoms with van der Waals surface area (Å²) >= 11 is 1.34. The molecular formula is C19H23FN2O3S. The molecule has 1 aromatic heterocycles. The van der Waals surface area contributed by atoms with Gasteiger partial charge in [-0.15, -0.1) is 0 Å². The van der Waals surface area contributed by atoms with Crippen LogP contribution in [0.5, 0.6) is 5.06 Å². The number of thiophene rings is 1. The van der Waals surface area contributed by atoms with Gasteiger partial charge < -0.3 is 14.4 Å². The van der Waals surface area contributed by atoms with Crippen molar-refractivity contribution < 1.29 is 18.7 Å². The van der Waals surface area contributed by atoms with Gasteiger partial charge in [-0.2, -0.15) is 0 Å². The summed E-state index contributed by atoms with van der Waals surface area (Å²) in [6.45, 7) is 5.07. The summed E-state index contributed by atoms with van der Waals surface area (Å²) in [5.74, 6) is -0.307. The Bertz CT molecular complexity index is 714. The van der Waals surface area contributed by atoms with Crippen molar-refractivity contribution >= 4 is 17.2 Å². The first-order chi connectivity index (χ1) is 12.7. The normalized spacial score (nSPS) is 15.0. The lowest BCUT2D eigenvalue weighted by Crippen LogP contribution is -2.42. The number of amides is 1. The highest BCUT2D eigenvalue weighted by atomic mass is 32.1. The second kappa shape index (κ2) is 9.12. The third kappa shape index (κ3) is 5.03. The largest absolute Gasteiger partial charge is 0.487 e. The van der Waals surface area contributed by atoms with Gasteiger partial charge in [-0.1, -0.05) is 23.5 Å². The first-order valence-corrected chi connectivity index (χ1v) is 9.45. The first-order valence-electron chi connectivity index (χ1n) is 8.63. The van der Waals surface area contributed by atoms with Gasteiger partial charge in [0.1, 0.15) is 5.82 Å². The molecule has 0 bridgehead atoms. The van der Waals surface area contributed by atoms with Crippen LogP contribution in [0.2, 0.25) is 0 Å². The van der Waals surface area contributed by atoms with Gasteiger partial charge in [-0.25, -0.2) is 4.39 Å². The van der Waals surface area contributed by atoms with E-state index in [1.807, 2.05) is 4.90 Å². The highest BCUT2D eigenvalue weighted by Gasteiger charge is 2.20. The summed E-state index contributed by atoms with van der Waals surface area (Å²) in [6, 6.07) is 9.88. The van der Waals surface area contributed by atoms with Crippen LogP contribution in [0.1, 0.15) is 15.2 Å². The number of carbonyl (C=O) groups excluding carboxylic acids is 1. The van der Waals surface area contributed by atoms with Gasteiger partial charge in [0.05, 0.1) is 25.2 Å². The summed E-state index contributed by atoms with van der Waals surface area (Å²) in [6.07, 6.45) is 0. The third-order valence-corrected chi connectivity index (χ3v) is 5.39. The van der Waals surface area contributed by atoms with Crippen LogP contribution in [-0.4, -0.2) is 62.2 Å². The number of benzene rings is 1. The van der Waals surface area contributed by atoms with Gasteiger partial charge in [0.2, 0.25) is 0 Å². The van der Waals surface area contributed by atoms with Crippen molar-refractivity contribution in [3.8, 4) is 5.06 Å². The lowest BCUT2D eigenvalue weighted by Gasteiger charge is -2.30. The molecule has 0 atom stereocenters. The number of nitrogens with zero attached hydrogens (tertiary/aromatic N) is 2. The van der Waals surface area contributed by atoms with Crippen molar-refractivity contribution in [1.29, 1.82) is 0 Å². The van der Waals surface area contributed by atoms with E-state index < -0.39 is 0 Å². The SMILES string of the molecule is COc1ccc(C(=O)N(CCN2CCOCC2)Cc2ccc(F)cc2)s1. The average Bonchev–Trinajstić information content (AvgIpc) is 3.16. The summed E-state index contributed by atoms with van der Waals surface area (Å²) < 4.78 is 23.7. The highest BCUT2D eigenvalue weighted by Crippen LogP contribution is 2.25. The van der Waals surface area contributed by atoms with Crippen LogP contribution < -0.4 is 4.74 Å². The zero-order valence-corrected chi connectivity index (χ0v) is 15.6. The summed E-state index contributed by atoms with van der Waals surface area (Å²) in [5, 5.41) is 0.711. The van der Waals surface area contributed by atoms with Crippen molar-refractivity contribution in [3.05, 3.63) is 52.7 Å². The summed E-state index contributed by atoms with van der Waals surface area (Å²) in [4.78, 5) is 17.7. The molecule has 0 N–H and O–H groups in total. The van der Waals surface area contributed by atoms with E-state index in [4.69, 9.17) is 9.47 Å². The van der Waals surface area contributed by atoms with Crippen LogP contribution >= 0.6 is 11.3 Å². The predicted octanol–water partition coefficient (Wildman–Crippen LogP) is 2.87. The predicted molar refractivity (Wildman–Crippen MR) is 99.3 cm³/mol. The van der Waals surface area contributed by atoms with Gasteiger partial charge in [-0.3, -0.25) is 9.69 Å². The van der Waals surface area contributed by atoms with E-state index in [0.717, 1.165) is 38.4 Å². The standard InChI is InChI=1S/C19H23FN2O3S/c1-24-18-7-6-17(26-18)19(23)22(9-8-21-10-12-25-13-11-21)14-15-2-4-16(20)5-3-15/h2-7H,8-14H2,1H3. The second-order valence-corrected chi connectivity index (χ2v) is 7.18. The molecule has 2 aromatic rings. The molecule has 1 aromatic carbocycles. The Kier molecular flexibility index (Phi) is 6.60. The van der Waals surface area contributed by atoms with Crippen molar-refractivity contribution in [3.63, 3.8) is 0 Å². The van der Waals surface area contributed by atoms with Gasteiger partial charge in [-0.05, 0) is 29.8 Å². The molecule has 1 aliphatic rings. The molecule has 1 saturated heterocycles. The van der Waals surface area contributed by atoms with E-state index in [9.17, 15) is 9.18 Å². The second-order valence-electron chi connectivity index (χ2n) is 6.13. The maximum absolute atomic E-state index is 13.2. The van der Waals surface area contributed by atoms with Gasteiger partial charge in [0.25, 0.3) is 5.91 Å². The summed E-state index contributed by atoms with van der Waals surface area (Å²) in [7, 11) is 1.59. The van der Waals surface area contributed by atoms with Crippen LogP contribution in [-0.2, 0) is 11.3 Å². The molecule has 7 heteroatoms. The number of methoxy groups -OCH3 is 1. The topological polar surface area (TPSA) is 42.0 Å². The fourth-order valence-electron chi connectivity index (χ4n) is 2.85. The van der Waals surface area contributed by atoms with E-state index in [0.29, 0.717) is 23.0 Å². The number of carbonyl (C=O) groups is 1. The van der Waals surface area contributed by atoms with E-state index in [2.05, 4.69) is 4.90 Å². The zero-order chi connectivity index (χ0) is 18.4. The fourth-order valence-corrected chi connectivity index (χ4v) is 3.64. The first kappa shape index (κ1) is 18.8. The van der Waals surface area contributed by atoms with Crippen molar-refractivity contribution in [2.75, 3.05) is 46.5 Å². The Morgan fingerprint density at radius 2 is 1.96 bits per heavy atom. The molecule has 1 amide bonds. The Morgan fingerprint density at radius 3 is 2.62 bits per heavy atom.